The molecule has 0 saturated heterocycles. The highest BCUT2D eigenvalue weighted by molar-refractivity contribution is 5.80. The normalized spacial score (nSPS) is 12.1. The van der Waals surface area contributed by atoms with Crippen LogP contribution in [-0.4, -0.2) is 38.8 Å². The quantitative estimate of drug-likeness (QED) is 0.645. The highest BCUT2D eigenvalue weighted by Crippen LogP contribution is 2.00. The molecule has 1 atom stereocenters. The molecule has 1 aromatic carbocycles. The summed E-state index contributed by atoms with van der Waals surface area (Å²) in [6.45, 7) is 1.95. The van der Waals surface area contributed by atoms with E-state index in [1.54, 1.807) is 0 Å². The minimum atomic E-state index is -0.565. The van der Waals surface area contributed by atoms with Gasteiger partial charge in [0, 0.05) is 26.8 Å². The summed E-state index contributed by atoms with van der Waals surface area (Å²) in [5.41, 5.74) is 6.54. The lowest BCUT2D eigenvalue weighted by molar-refractivity contribution is -0.130. The number of carbonyl (C=O) groups excluding carboxylic acids is 1. The molecule has 0 aliphatic rings. The van der Waals surface area contributed by atoms with Gasteiger partial charge in [0.15, 0.2) is 0 Å². The summed E-state index contributed by atoms with van der Waals surface area (Å²) in [7, 11) is 1.47. The number of hydrogen-bond donors (Lipinski definition) is 2. The van der Waals surface area contributed by atoms with Gasteiger partial charge in [0.05, 0.1) is 6.61 Å². The molecule has 0 aliphatic heterocycles. The minimum absolute atomic E-state index is 0.173. The number of ether oxygens (including phenoxy) is 2. The van der Waals surface area contributed by atoms with Crippen LogP contribution in [0, 0.1) is 0 Å². The first-order chi connectivity index (χ1) is 9.27. The van der Waals surface area contributed by atoms with Crippen LogP contribution in [-0.2, 0) is 20.9 Å². The zero-order chi connectivity index (χ0) is 13.9. The van der Waals surface area contributed by atoms with Crippen LogP contribution < -0.4 is 11.1 Å². The highest BCUT2D eigenvalue weighted by Gasteiger charge is 2.14. The molecule has 1 amide bonds. The van der Waals surface area contributed by atoms with Crippen molar-refractivity contribution in [3.05, 3.63) is 35.9 Å². The van der Waals surface area contributed by atoms with Crippen molar-refractivity contribution in [2.24, 2.45) is 5.73 Å². The lowest BCUT2D eigenvalue weighted by Gasteiger charge is -2.12. The van der Waals surface area contributed by atoms with E-state index in [0.29, 0.717) is 19.8 Å². The molecule has 0 radical (unpaired) electrons. The molecule has 0 aliphatic carbocycles. The number of amides is 1. The van der Waals surface area contributed by atoms with Gasteiger partial charge in [-0.25, -0.2) is 0 Å². The molecule has 1 aromatic rings. The lowest BCUT2D eigenvalue weighted by Crippen LogP contribution is -2.41. The van der Waals surface area contributed by atoms with Crippen LogP contribution >= 0.6 is 0 Å². The average Bonchev–Trinajstić information content (AvgIpc) is 2.45. The lowest BCUT2D eigenvalue weighted by atomic mass is 10.2. The Morgan fingerprint density at radius 3 is 2.74 bits per heavy atom. The SMILES string of the molecule is COC(CN)C(=O)NCCCOCc1ccccc1. The summed E-state index contributed by atoms with van der Waals surface area (Å²) in [5.74, 6) is -0.173. The first kappa shape index (κ1) is 15.6. The van der Waals surface area contributed by atoms with Crippen LogP contribution in [0.5, 0.6) is 0 Å². The zero-order valence-corrected chi connectivity index (χ0v) is 11.3. The van der Waals surface area contributed by atoms with Crippen molar-refractivity contribution in [2.45, 2.75) is 19.1 Å². The maximum Gasteiger partial charge on any atom is 0.250 e. The van der Waals surface area contributed by atoms with E-state index in [1.165, 1.54) is 7.11 Å². The number of methoxy groups -OCH3 is 1. The van der Waals surface area contributed by atoms with Gasteiger partial charge in [-0.05, 0) is 12.0 Å². The van der Waals surface area contributed by atoms with E-state index in [4.69, 9.17) is 15.2 Å². The second-order valence-electron chi connectivity index (χ2n) is 4.14. The fourth-order valence-electron chi connectivity index (χ4n) is 1.57. The maximum atomic E-state index is 11.5. The molecule has 1 unspecified atom stereocenters. The summed E-state index contributed by atoms with van der Waals surface area (Å²) in [6.07, 6.45) is 0.199. The van der Waals surface area contributed by atoms with Crippen LogP contribution in [0.2, 0.25) is 0 Å². The van der Waals surface area contributed by atoms with Gasteiger partial charge < -0.3 is 20.5 Å². The third kappa shape index (κ3) is 6.33. The molecule has 0 saturated carbocycles. The van der Waals surface area contributed by atoms with Crippen molar-refractivity contribution in [3.63, 3.8) is 0 Å². The third-order valence-electron chi connectivity index (χ3n) is 2.67. The summed E-state index contributed by atoms with van der Waals surface area (Å²) in [4.78, 5) is 11.5. The first-order valence-corrected chi connectivity index (χ1v) is 6.40. The fourth-order valence-corrected chi connectivity index (χ4v) is 1.57. The van der Waals surface area contributed by atoms with Gasteiger partial charge in [0.25, 0.3) is 0 Å². The topological polar surface area (TPSA) is 73.6 Å². The van der Waals surface area contributed by atoms with Gasteiger partial charge in [0.1, 0.15) is 6.10 Å². The first-order valence-electron chi connectivity index (χ1n) is 6.40. The summed E-state index contributed by atoms with van der Waals surface area (Å²) in [5, 5.41) is 2.76. The average molecular weight is 266 g/mol. The zero-order valence-electron chi connectivity index (χ0n) is 11.3. The second-order valence-corrected chi connectivity index (χ2v) is 4.14. The van der Waals surface area contributed by atoms with Crippen molar-refractivity contribution < 1.29 is 14.3 Å². The Balaban J connectivity index is 2.04. The molecule has 0 spiro atoms. The van der Waals surface area contributed by atoms with Gasteiger partial charge in [-0.15, -0.1) is 0 Å². The molecular formula is C14H22N2O3. The van der Waals surface area contributed by atoms with Gasteiger partial charge in [-0.1, -0.05) is 30.3 Å². The number of hydrogen-bond acceptors (Lipinski definition) is 4. The number of benzene rings is 1. The molecule has 3 N–H and O–H groups in total. The maximum absolute atomic E-state index is 11.5. The Kier molecular flexibility index (Phi) is 7.81. The van der Waals surface area contributed by atoms with Crippen LogP contribution in [0.3, 0.4) is 0 Å². The van der Waals surface area contributed by atoms with E-state index in [1.807, 2.05) is 30.3 Å². The van der Waals surface area contributed by atoms with E-state index < -0.39 is 6.10 Å². The predicted molar refractivity (Wildman–Crippen MR) is 73.6 cm³/mol. The van der Waals surface area contributed by atoms with E-state index in [2.05, 4.69) is 5.32 Å². The van der Waals surface area contributed by atoms with Crippen molar-refractivity contribution in [3.8, 4) is 0 Å². The Bertz CT molecular complexity index is 353. The van der Waals surface area contributed by atoms with Gasteiger partial charge >= 0.3 is 0 Å². The molecule has 5 heteroatoms. The number of nitrogens with one attached hydrogen (secondary N) is 1. The second kappa shape index (κ2) is 9.49. The van der Waals surface area contributed by atoms with Crippen molar-refractivity contribution in [2.75, 3.05) is 26.8 Å². The standard InChI is InChI=1S/C14H22N2O3/c1-18-13(10-15)14(17)16-8-5-9-19-11-12-6-3-2-4-7-12/h2-4,6-7,13H,5,8-11,15H2,1H3,(H,16,17). The molecule has 0 fully saturated rings. The number of carbonyl (C=O) groups is 1. The van der Waals surface area contributed by atoms with E-state index in [9.17, 15) is 4.79 Å². The monoisotopic (exact) mass is 266 g/mol. The smallest absolute Gasteiger partial charge is 0.250 e. The summed E-state index contributed by atoms with van der Waals surface area (Å²) < 4.78 is 10.4. The molecule has 5 nitrogen and oxygen atoms in total. The van der Waals surface area contributed by atoms with Gasteiger partial charge in [-0.3, -0.25) is 4.79 Å². The molecule has 0 bridgehead atoms. The Morgan fingerprint density at radius 1 is 1.37 bits per heavy atom. The van der Waals surface area contributed by atoms with E-state index >= 15 is 0 Å². The summed E-state index contributed by atoms with van der Waals surface area (Å²) in [6, 6.07) is 9.98. The van der Waals surface area contributed by atoms with E-state index in [-0.39, 0.29) is 12.5 Å². The van der Waals surface area contributed by atoms with Crippen LogP contribution in [0.25, 0.3) is 0 Å². The molecule has 0 aromatic heterocycles. The summed E-state index contributed by atoms with van der Waals surface area (Å²) >= 11 is 0. The molecular weight excluding hydrogens is 244 g/mol. The van der Waals surface area contributed by atoms with Crippen LogP contribution in [0.1, 0.15) is 12.0 Å². The molecule has 19 heavy (non-hydrogen) atoms. The van der Waals surface area contributed by atoms with Gasteiger partial charge in [-0.2, -0.15) is 0 Å². The van der Waals surface area contributed by atoms with Crippen molar-refractivity contribution in [1.82, 2.24) is 5.32 Å². The predicted octanol–water partition coefficient (Wildman–Crippen LogP) is 0.683. The molecule has 1 rings (SSSR count). The molecule has 106 valence electrons. The van der Waals surface area contributed by atoms with Crippen LogP contribution in [0.15, 0.2) is 30.3 Å². The highest BCUT2D eigenvalue weighted by atomic mass is 16.5. The fraction of sp³-hybridized carbons (Fsp3) is 0.500. The van der Waals surface area contributed by atoms with Crippen LogP contribution in [0.4, 0.5) is 0 Å². The number of nitrogens with two attached hydrogens (primary N) is 1. The van der Waals surface area contributed by atoms with Crippen molar-refractivity contribution in [1.29, 1.82) is 0 Å². The molecule has 0 heterocycles. The third-order valence-corrected chi connectivity index (χ3v) is 2.67. The Hall–Kier alpha value is -1.43. The number of rotatable bonds is 9. The Labute approximate surface area is 114 Å². The van der Waals surface area contributed by atoms with Crippen molar-refractivity contribution >= 4 is 5.91 Å². The van der Waals surface area contributed by atoms with E-state index in [0.717, 1.165) is 12.0 Å². The minimum Gasteiger partial charge on any atom is -0.377 e. The Morgan fingerprint density at radius 2 is 2.11 bits per heavy atom. The largest absolute Gasteiger partial charge is 0.377 e. The van der Waals surface area contributed by atoms with Gasteiger partial charge in [0.2, 0.25) is 5.91 Å².